The van der Waals surface area contributed by atoms with Crippen LogP contribution in [0.3, 0.4) is 0 Å². The molecule has 210 valence electrons. The fourth-order valence-electron chi connectivity index (χ4n) is 5.50. The summed E-state index contributed by atoms with van der Waals surface area (Å²) in [5.41, 5.74) is 0.110. The number of Topliss-reactive ketones (excluding diaryl/α,β-unsaturated/α-hetero) is 1. The molecule has 2 aromatic carbocycles. The summed E-state index contributed by atoms with van der Waals surface area (Å²) in [6.45, 7) is 1.36. The zero-order chi connectivity index (χ0) is 29.5. The molecule has 1 saturated heterocycles. The molecule has 14 heteroatoms. The number of alkyl halides is 4. The molecule has 0 unspecified atom stereocenters. The molecule has 0 spiro atoms. The molecule has 3 aliphatic rings. The monoisotopic (exact) mass is 682 g/mol. The minimum atomic E-state index is -2.16. The smallest absolute Gasteiger partial charge is 0.275 e. The predicted molar refractivity (Wildman–Crippen MR) is 154 cm³/mol. The van der Waals surface area contributed by atoms with Gasteiger partial charge in [0.25, 0.3) is 17.7 Å². The number of benzene rings is 2. The van der Waals surface area contributed by atoms with Gasteiger partial charge in [0.2, 0.25) is 0 Å². The number of imide groups is 1. The maximum atomic E-state index is 14.0. The second kappa shape index (κ2) is 9.94. The SMILES string of the molecule is COc1ccc(C(=O)[C@H](C)N(C(=O)c2ccccc2Cl)N2C(=O)[C@H]3[C@H](C2=O)[C@@]2(Cl)C(Cl)=C(Cl)[C@@]3(Cl)C2(Cl)Cl)cc1. The maximum Gasteiger partial charge on any atom is 0.275 e. The van der Waals surface area contributed by atoms with Crippen molar-refractivity contribution >= 4 is 105 Å². The number of rotatable bonds is 6. The second-order valence-corrected chi connectivity index (χ2v) is 13.2. The Bertz CT molecular complexity index is 1470. The molecule has 3 amide bonds. The van der Waals surface area contributed by atoms with Gasteiger partial charge in [-0.05, 0) is 43.3 Å². The van der Waals surface area contributed by atoms with E-state index in [0.717, 1.165) is 5.01 Å². The van der Waals surface area contributed by atoms with Crippen LogP contribution in [0.1, 0.15) is 27.6 Å². The van der Waals surface area contributed by atoms with Gasteiger partial charge in [-0.1, -0.05) is 70.1 Å². The van der Waals surface area contributed by atoms with Gasteiger partial charge < -0.3 is 4.74 Å². The van der Waals surface area contributed by atoms with Crippen LogP contribution < -0.4 is 4.74 Å². The van der Waals surface area contributed by atoms with Gasteiger partial charge in [0.15, 0.2) is 10.1 Å². The summed E-state index contributed by atoms with van der Waals surface area (Å²) in [5.74, 6) is -6.00. The van der Waals surface area contributed by atoms with Crippen LogP contribution in [0, 0.1) is 11.8 Å². The van der Waals surface area contributed by atoms with E-state index in [1.165, 1.54) is 44.4 Å². The van der Waals surface area contributed by atoms with Crippen molar-refractivity contribution in [3.8, 4) is 5.75 Å². The molecule has 5 rings (SSSR count). The Hall–Kier alpha value is -1.71. The Morgan fingerprint density at radius 2 is 1.38 bits per heavy atom. The van der Waals surface area contributed by atoms with Gasteiger partial charge in [-0.15, -0.1) is 23.2 Å². The number of hydrogen-bond donors (Lipinski definition) is 0. The van der Waals surface area contributed by atoms with E-state index in [1.54, 1.807) is 18.2 Å². The van der Waals surface area contributed by atoms with E-state index in [2.05, 4.69) is 0 Å². The number of fused-ring (bicyclic) bond motifs is 5. The number of amides is 3. The number of allylic oxidation sites excluding steroid dienone is 2. The number of hydrazine groups is 1. The molecule has 2 aliphatic carbocycles. The van der Waals surface area contributed by atoms with Gasteiger partial charge in [-0.2, -0.15) is 5.01 Å². The van der Waals surface area contributed by atoms with E-state index in [0.29, 0.717) is 10.8 Å². The van der Waals surface area contributed by atoms with Crippen molar-refractivity contribution in [1.29, 1.82) is 0 Å². The van der Waals surface area contributed by atoms with Crippen LogP contribution in [-0.2, 0) is 9.59 Å². The average Bonchev–Trinajstić information content (AvgIpc) is 3.32. The third kappa shape index (κ3) is 3.65. The fraction of sp³-hybridized carbons (Fsp3) is 0.308. The highest BCUT2D eigenvalue weighted by Gasteiger charge is 2.88. The lowest BCUT2D eigenvalue weighted by Crippen LogP contribution is -2.59. The summed E-state index contributed by atoms with van der Waals surface area (Å²) in [4.78, 5) is 51.5. The van der Waals surface area contributed by atoms with Gasteiger partial charge in [-0.25, -0.2) is 5.01 Å². The Kier molecular flexibility index (Phi) is 7.40. The third-order valence-corrected chi connectivity index (χ3v) is 12.1. The van der Waals surface area contributed by atoms with Crippen molar-refractivity contribution in [2.45, 2.75) is 27.0 Å². The lowest BCUT2D eigenvalue weighted by Gasteiger charge is -2.38. The lowest BCUT2D eigenvalue weighted by atomic mass is 9.84. The molecule has 0 N–H and O–H groups in total. The molecule has 2 aromatic rings. The Morgan fingerprint density at radius 1 is 0.875 bits per heavy atom. The summed E-state index contributed by atoms with van der Waals surface area (Å²) in [6, 6.07) is 10.7. The van der Waals surface area contributed by atoms with E-state index in [1.807, 2.05) is 0 Å². The highest BCUT2D eigenvalue weighted by atomic mass is 35.5. The molecule has 7 nitrogen and oxygen atoms in total. The number of hydrogen-bond acceptors (Lipinski definition) is 5. The van der Waals surface area contributed by atoms with Crippen molar-refractivity contribution in [2.24, 2.45) is 11.8 Å². The van der Waals surface area contributed by atoms with Gasteiger partial charge in [0, 0.05) is 5.56 Å². The number of ether oxygens (including phenoxy) is 1. The van der Waals surface area contributed by atoms with E-state index < -0.39 is 55.5 Å². The molecule has 0 radical (unpaired) electrons. The summed E-state index contributed by atoms with van der Waals surface area (Å²) < 4.78 is 2.98. The van der Waals surface area contributed by atoms with E-state index in [9.17, 15) is 19.2 Å². The van der Waals surface area contributed by atoms with Crippen LogP contribution in [-0.4, -0.2) is 60.8 Å². The number of ketones is 1. The molecule has 0 aromatic heterocycles. The number of nitrogens with zero attached hydrogens (tertiary/aromatic N) is 2. The number of carbonyl (C=O) groups excluding carboxylic acids is 4. The van der Waals surface area contributed by atoms with Crippen LogP contribution in [0.2, 0.25) is 5.02 Å². The molecule has 40 heavy (non-hydrogen) atoms. The lowest BCUT2D eigenvalue weighted by molar-refractivity contribution is -0.157. The number of carbonyl (C=O) groups is 4. The number of halogens is 7. The maximum absolute atomic E-state index is 14.0. The van der Waals surface area contributed by atoms with E-state index in [4.69, 9.17) is 85.9 Å². The summed E-state index contributed by atoms with van der Waals surface area (Å²) in [5, 5.41) is 0.738. The normalized spacial score (nSPS) is 29.1. The highest BCUT2D eigenvalue weighted by molar-refractivity contribution is 6.66. The molecule has 2 fully saturated rings. The van der Waals surface area contributed by atoms with Crippen LogP contribution in [0.4, 0.5) is 0 Å². The molecular formula is C26H17Cl7N2O5. The minimum absolute atomic E-state index is 0.0249. The standard InChI is InChI=1S/C26H17Cl7N2O5/c1-11(18(36)12-7-9-13(40-2)10-8-12)34(21(37)14-5-3-4-6-15(14)27)35-22(38)16-17(23(35)39)25(31)20(29)19(28)24(16,30)26(25,32)33/h3-11,16-17H,1-2H3/t11-,16+,17+,24+,25+/m0/s1. The molecule has 1 saturated carbocycles. The first-order valence-corrected chi connectivity index (χ1v) is 14.3. The zero-order valence-corrected chi connectivity index (χ0v) is 25.7. The van der Waals surface area contributed by atoms with Crippen LogP contribution >= 0.6 is 81.2 Å². The Labute approximate surface area is 263 Å². The summed E-state index contributed by atoms with van der Waals surface area (Å²) in [6.07, 6.45) is 0. The topological polar surface area (TPSA) is 84.0 Å². The van der Waals surface area contributed by atoms with Crippen LogP contribution in [0.25, 0.3) is 0 Å². The minimum Gasteiger partial charge on any atom is -0.497 e. The van der Waals surface area contributed by atoms with Crippen molar-refractivity contribution in [3.63, 3.8) is 0 Å². The molecule has 1 aliphatic heterocycles. The van der Waals surface area contributed by atoms with Crippen LogP contribution in [0.15, 0.2) is 58.6 Å². The first-order chi connectivity index (χ1) is 18.7. The third-order valence-electron chi connectivity index (χ3n) is 7.53. The average molecular weight is 686 g/mol. The summed E-state index contributed by atoms with van der Waals surface area (Å²) in [7, 11) is 1.47. The van der Waals surface area contributed by atoms with E-state index >= 15 is 0 Å². The Morgan fingerprint density at radius 3 is 1.85 bits per heavy atom. The van der Waals surface area contributed by atoms with Crippen molar-refractivity contribution in [1.82, 2.24) is 10.0 Å². The van der Waals surface area contributed by atoms with Gasteiger partial charge >= 0.3 is 0 Å². The largest absolute Gasteiger partial charge is 0.497 e. The van der Waals surface area contributed by atoms with Crippen molar-refractivity contribution < 1.29 is 23.9 Å². The van der Waals surface area contributed by atoms with Gasteiger partial charge in [0.05, 0.1) is 39.6 Å². The van der Waals surface area contributed by atoms with Crippen LogP contribution in [0.5, 0.6) is 5.75 Å². The Balaban J connectivity index is 1.63. The second-order valence-electron chi connectivity index (χ2n) is 9.47. The molecule has 2 bridgehead atoms. The van der Waals surface area contributed by atoms with Gasteiger partial charge in [-0.3, -0.25) is 19.2 Å². The molecule has 1 heterocycles. The van der Waals surface area contributed by atoms with Crippen molar-refractivity contribution in [2.75, 3.05) is 7.11 Å². The molecule has 5 atom stereocenters. The quantitative estimate of drug-likeness (QED) is 0.199. The fourth-order valence-corrected chi connectivity index (χ4v) is 8.64. The summed E-state index contributed by atoms with van der Waals surface area (Å²) >= 11 is 45.9. The predicted octanol–water partition coefficient (Wildman–Crippen LogP) is 6.42. The zero-order valence-electron chi connectivity index (χ0n) is 20.4. The van der Waals surface area contributed by atoms with Gasteiger partial charge in [0.1, 0.15) is 21.5 Å². The first-order valence-electron chi connectivity index (χ1n) is 11.6. The highest BCUT2D eigenvalue weighted by Crippen LogP contribution is 2.77. The van der Waals surface area contributed by atoms with E-state index in [-0.39, 0.29) is 26.2 Å². The van der Waals surface area contributed by atoms with Crippen molar-refractivity contribution in [3.05, 3.63) is 74.7 Å². The number of methoxy groups -OCH3 is 1. The molecular weight excluding hydrogens is 668 g/mol. The first kappa shape index (κ1) is 29.8.